The number of benzene rings is 1. The van der Waals surface area contributed by atoms with E-state index in [9.17, 15) is 4.79 Å². The van der Waals surface area contributed by atoms with Crippen molar-refractivity contribution >= 4 is 27.5 Å². The normalized spacial score (nSPS) is 10.3. The molecule has 2 N–H and O–H groups in total. The summed E-state index contributed by atoms with van der Waals surface area (Å²) in [7, 11) is 1.62. The third kappa shape index (κ3) is 6.04. The second-order valence-corrected chi connectivity index (χ2v) is 4.71. The highest BCUT2D eigenvalue weighted by molar-refractivity contribution is 9.10. The average Bonchev–Trinajstić information content (AvgIpc) is 2.38. The van der Waals surface area contributed by atoms with Gasteiger partial charge in [0.05, 0.1) is 25.4 Å². The fourth-order valence-electron chi connectivity index (χ4n) is 1.44. The Morgan fingerprint density at radius 1 is 1.42 bits per heavy atom. The highest BCUT2D eigenvalue weighted by Crippen LogP contribution is 2.28. The Morgan fingerprint density at radius 2 is 2.21 bits per heavy atom. The molecule has 0 heterocycles. The van der Waals surface area contributed by atoms with Crippen LogP contribution < -0.4 is 15.4 Å². The Morgan fingerprint density at radius 3 is 2.89 bits per heavy atom. The molecule has 1 rings (SSSR count). The van der Waals surface area contributed by atoms with Crippen LogP contribution in [0.3, 0.4) is 0 Å². The summed E-state index contributed by atoms with van der Waals surface area (Å²) in [4.78, 5) is 11.7. The molecule has 0 saturated heterocycles. The van der Waals surface area contributed by atoms with Crippen LogP contribution in [0.4, 0.5) is 5.69 Å². The van der Waals surface area contributed by atoms with Gasteiger partial charge in [0.15, 0.2) is 0 Å². The standard InChI is InChI=1S/C13H19BrN2O3/c1-3-19-12-8-10(14)4-5-11(12)16-13(17)9-15-6-7-18-2/h4-5,8,15H,3,6-7,9H2,1-2H3,(H,16,17). The van der Waals surface area contributed by atoms with Gasteiger partial charge in [-0.2, -0.15) is 0 Å². The number of carbonyl (C=O) groups excluding carboxylic acids is 1. The quantitative estimate of drug-likeness (QED) is 0.716. The number of hydrogen-bond acceptors (Lipinski definition) is 4. The molecule has 0 spiro atoms. The molecular formula is C13H19BrN2O3. The summed E-state index contributed by atoms with van der Waals surface area (Å²) in [5, 5.41) is 5.79. The van der Waals surface area contributed by atoms with E-state index in [-0.39, 0.29) is 12.5 Å². The van der Waals surface area contributed by atoms with Crippen molar-refractivity contribution in [3.05, 3.63) is 22.7 Å². The molecular weight excluding hydrogens is 312 g/mol. The van der Waals surface area contributed by atoms with Crippen LogP contribution in [0, 0.1) is 0 Å². The minimum absolute atomic E-state index is 0.112. The second kappa shape index (κ2) is 8.90. The van der Waals surface area contributed by atoms with Gasteiger partial charge in [-0.25, -0.2) is 0 Å². The lowest BCUT2D eigenvalue weighted by molar-refractivity contribution is -0.115. The molecule has 5 nitrogen and oxygen atoms in total. The van der Waals surface area contributed by atoms with Crippen LogP contribution in [-0.4, -0.2) is 39.3 Å². The van der Waals surface area contributed by atoms with Crippen LogP contribution in [0.15, 0.2) is 22.7 Å². The fourth-order valence-corrected chi connectivity index (χ4v) is 1.78. The van der Waals surface area contributed by atoms with Crippen LogP contribution in [0.25, 0.3) is 0 Å². The first-order chi connectivity index (χ1) is 9.17. The Balaban J connectivity index is 2.53. The molecule has 0 unspecified atom stereocenters. The summed E-state index contributed by atoms with van der Waals surface area (Å²) in [5.41, 5.74) is 0.670. The fraction of sp³-hybridized carbons (Fsp3) is 0.462. The Labute approximate surface area is 121 Å². The van der Waals surface area contributed by atoms with Gasteiger partial charge >= 0.3 is 0 Å². The maximum Gasteiger partial charge on any atom is 0.238 e. The first-order valence-electron chi connectivity index (χ1n) is 6.09. The minimum atomic E-state index is -0.112. The third-order valence-corrected chi connectivity index (χ3v) is 2.78. The zero-order valence-corrected chi connectivity index (χ0v) is 12.7. The molecule has 1 aromatic carbocycles. The lowest BCUT2D eigenvalue weighted by atomic mass is 10.3. The first-order valence-corrected chi connectivity index (χ1v) is 6.88. The molecule has 0 aliphatic heterocycles. The number of amides is 1. The minimum Gasteiger partial charge on any atom is -0.492 e. The van der Waals surface area contributed by atoms with Gasteiger partial charge in [-0.15, -0.1) is 0 Å². The first kappa shape index (κ1) is 15.9. The molecule has 0 aromatic heterocycles. The molecule has 1 amide bonds. The molecule has 1 aromatic rings. The summed E-state index contributed by atoms with van der Waals surface area (Å²) in [6.07, 6.45) is 0. The molecule has 0 bridgehead atoms. The number of hydrogen-bond donors (Lipinski definition) is 2. The smallest absolute Gasteiger partial charge is 0.238 e. The molecule has 106 valence electrons. The number of rotatable bonds is 8. The van der Waals surface area contributed by atoms with Crippen molar-refractivity contribution in [1.29, 1.82) is 0 Å². The van der Waals surface area contributed by atoms with E-state index in [1.165, 1.54) is 0 Å². The second-order valence-electron chi connectivity index (χ2n) is 3.79. The van der Waals surface area contributed by atoms with Crippen molar-refractivity contribution in [2.75, 3.05) is 38.7 Å². The third-order valence-electron chi connectivity index (χ3n) is 2.29. The summed E-state index contributed by atoms with van der Waals surface area (Å²) >= 11 is 3.37. The topological polar surface area (TPSA) is 59.6 Å². The molecule has 0 aliphatic carbocycles. The monoisotopic (exact) mass is 330 g/mol. The van der Waals surface area contributed by atoms with E-state index in [1.807, 2.05) is 25.1 Å². The number of ether oxygens (including phenoxy) is 2. The van der Waals surface area contributed by atoms with Crippen molar-refractivity contribution in [1.82, 2.24) is 5.32 Å². The van der Waals surface area contributed by atoms with Crippen molar-refractivity contribution in [2.45, 2.75) is 6.92 Å². The van der Waals surface area contributed by atoms with Gasteiger partial charge in [-0.05, 0) is 25.1 Å². The van der Waals surface area contributed by atoms with E-state index in [4.69, 9.17) is 9.47 Å². The van der Waals surface area contributed by atoms with E-state index in [2.05, 4.69) is 26.6 Å². The Hall–Kier alpha value is -1.11. The van der Waals surface area contributed by atoms with Crippen molar-refractivity contribution in [3.63, 3.8) is 0 Å². The average molecular weight is 331 g/mol. The lowest BCUT2D eigenvalue weighted by Gasteiger charge is -2.12. The van der Waals surface area contributed by atoms with Gasteiger partial charge in [0.1, 0.15) is 5.75 Å². The highest BCUT2D eigenvalue weighted by atomic mass is 79.9. The predicted molar refractivity (Wildman–Crippen MR) is 78.7 cm³/mol. The molecule has 0 radical (unpaired) electrons. The summed E-state index contributed by atoms with van der Waals surface area (Å²) < 4.78 is 11.3. The van der Waals surface area contributed by atoms with E-state index in [1.54, 1.807) is 7.11 Å². The van der Waals surface area contributed by atoms with Crippen LogP contribution in [0.1, 0.15) is 6.92 Å². The highest BCUT2D eigenvalue weighted by Gasteiger charge is 2.08. The molecule has 6 heteroatoms. The van der Waals surface area contributed by atoms with E-state index in [0.717, 1.165) is 4.47 Å². The SMILES string of the molecule is CCOc1cc(Br)ccc1NC(=O)CNCCOC. The zero-order chi connectivity index (χ0) is 14.1. The van der Waals surface area contributed by atoms with Crippen LogP contribution in [-0.2, 0) is 9.53 Å². The van der Waals surface area contributed by atoms with Crippen LogP contribution in [0.5, 0.6) is 5.75 Å². The number of carbonyl (C=O) groups is 1. The summed E-state index contributed by atoms with van der Waals surface area (Å²) in [6.45, 7) is 3.91. The molecule has 0 saturated carbocycles. The number of halogens is 1. The number of methoxy groups -OCH3 is 1. The largest absolute Gasteiger partial charge is 0.492 e. The van der Waals surface area contributed by atoms with Crippen molar-refractivity contribution in [2.24, 2.45) is 0 Å². The van der Waals surface area contributed by atoms with Gasteiger partial charge in [-0.1, -0.05) is 15.9 Å². The van der Waals surface area contributed by atoms with Gasteiger partial charge < -0.3 is 20.1 Å². The van der Waals surface area contributed by atoms with Gasteiger partial charge in [0, 0.05) is 18.1 Å². The van der Waals surface area contributed by atoms with E-state index < -0.39 is 0 Å². The predicted octanol–water partition coefficient (Wildman–Crippen LogP) is 2.02. The van der Waals surface area contributed by atoms with Gasteiger partial charge in [0.2, 0.25) is 5.91 Å². The summed E-state index contributed by atoms with van der Waals surface area (Å²) in [5.74, 6) is 0.543. The number of anilines is 1. The molecule has 19 heavy (non-hydrogen) atoms. The van der Waals surface area contributed by atoms with Crippen LogP contribution >= 0.6 is 15.9 Å². The molecule has 0 atom stereocenters. The lowest BCUT2D eigenvalue weighted by Crippen LogP contribution is -2.30. The van der Waals surface area contributed by atoms with E-state index >= 15 is 0 Å². The van der Waals surface area contributed by atoms with Crippen molar-refractivity contribution in [3.8, 4) is 5.75 Å². The van der Waals surface area contributed by atoms with Gasteiger partial charge in [-0.3, -0.25) is 4.79 Å². The number of nitrogens with one attached hydrogen (secondary N) is 2. The van der Waals surface area contributed by atoms with Crippen molar-refractivity contribution < 1.29 is 14.3 Å². The summed E-state index contributed by atoms with van der Waals surface area (Å²) in [6, 6.07) is 5.50. The maximum atomic E-state index is 11.7. The van der Waals surface area contributed by atoms with Gasteiger partial charge in [0.25, 0.3) is 0 Å². The Bertz CT molecular complexity index is 413. The Kier molecular flexibility index (Phi) is 7.47. The van der Waals surface area contributed by atoms with E-state index in [0.29, 0.717) is 31.2 Å². The van der Waals surface area contributed by atoms with Crippen LogP contribution in [0.2, 0.25) is 0 Å². The molecule has 0 fully saturated rings. The maximum absolute atomic E-state index is 11.7. The molecule has 0 aliphatic rings. The zero-order valence-electron chi connectivity index (χ0n) is 11.2.